The Morgan fingerprint density at radius 2 is 1.52 bits per heavy atom. The third kappa shape index (κ3) is 2.86. The number of hydrogen-bond donors (Lipinski definition) is 2. The van der Waals surface area contributed by atoms with Crippen LogP contribution in [0.3, 0.4) is 0 Å². The van der Waals surface area contributed by atoms with Gasteiger partial charge in [0.25, 0.3) is 10.2 Å². The van der Waals surface area contributed by atoms with Gasteiger partial charge in [-0.3, -0.25) is 0 Å². The number of morpholine rings is 1. The first kappa shape index (κ1) is 17.1. The van der Waals surface area contributed by atoms with Crippen molar-refractivity contribution in [2.24, 2.45) is 16.6 Å². The van der Waals surface area contributed by atoms with Crippen LogP contribution in [0, 0.1) is 10.8 Å². The fourth-order valence-electron chi connectivity index (χ4n) is 4.03. The first-order valence-corrected chi connectivity index (χ1v) is 9.01. The summed E-state index contributed by atoms with van der Waals surface area (Å²) in [6.07, 6.45) is -0.176. The van der Waals surface area contributed by atoms with E-state index in [0.29, 0.717) is 13.1 Å². The van der Waals surface area contributed by atoms with Crippen LogP contribution in [0.1, 0.15) is 41.5 Å². The van der Waals surface area contributed by atoms with E-state index in [1.54, 1.807) is 0 Å². The molecule has 0 bridgehead atoms. The highest BCUT2D eigenvalue weighted by atomic mass is 32.2. The van der Waals surface area contributed by atoms with E-state index >= 15 is 0 Å². The fraction of sp³-hybridized carbons (Fsp3) is 1.00. The predicted octanol–water partition coefficient (Wildman–Crippen LogP) is 0.692. The Hall–Kier alpha value is -0.210. The first-order valence-electron chi connectivity index (χ1n) is 7.57. The number of nitrogens with one attached hydrogen (secondary N) is 1. The highest BCUT2D eigenvalue weighted by Gasteiger charge is 2.61. The van der Waals surface area contributed by atoms with Gasteiger partial charge in [0, 0.05) is 25.2 Å². The molecule has 0 aromatic rings. The summed E-state index contributed by atoms with van der Waals surface area (Å²) in [7, 11) is -3.53. The van der Waals surface area contributed by atoms with Crippen LogP contribution in [0.15, 0.2) is 0 Å². The second-order valence-corrected chi connectivity index (χ2v) is 9.45. The number of nitrogens with zero attached hydrogens (tertiary/aromatic N) is 1. The smallest absolute Gasteiger partial charge is 0.279 e. The summed E-state index contributed by atoms with van der Waals surface area (Å²) in [5, 5.41) is 0. The van der Waals surface area contributed by atoms with Crippen molar-refractivity contribution in [2.75, 3.05) is 13.1 Å². The average Bonchev–Trinajstić information content (AvgIpc) is 2.33. The topological polar surface area (TPSA) is 84.7 Å². The molecule has 0 aromatic heterocycles. The summed E-state index contributed by atoms with van der Waals surface area (Å²) >= 11 is 0. The minimum absolute atomic E-state index is 0.0276. The summed E-state index contributed by atoms with van der Waals surface area (Å²) in [4.78, 5) is 0. The lowest BCUT2D eigenvalue weighted by Crippen LogP contribution is -2.76. The molecule has 1 aliphatic carbocycles. The number of nitrogens with two attached hydrogens (primary N) is 1. The van der Waals surface area contributed by atoms with Gasteiger partial charge in [0.15, 0.2) is 0 Å². The highest BCUT2D eigenvalue weighted by Crippen LogP contribution is 2.52. The van der Waals surface area contributed by atoms with Gasteiger partial charge < -0.3 is 10.5 Å². The molecule has 0 amide bonds. The van der Waals surface area contributed by atoms with Crippen LogP contribution < -0.4 is 10.5 Å². The Balaban J connectivity index is 2.15. The summed E-state index contributed by atoms with van der Waals surface area (Å²) < 4.78 is 35.3. The molecule has 1 saturated heterocycles. The summed E-state index contributed by atoms with van der Waals surface area (Å²) in [5.41, 5.74) is 5.70. The Morgan fingerprint density at radius 1 is 1.10 bits per heavy atom. The van der Waals surface area contributed by atoms with E-state index in [1.165, 1.54) is 4.31 Å². The standard InChI is InChI=1S/C14H29N3O3S/c1-9-7-17(8-10(2)20-9)21(18,19)16-12-13(3,4)11(15)14(12,5)6/h9-12,16H,7-8,15H2,1-6H3. The van der Waals surface area contributed by atoms with Gasteiger partial charge in [-0.15, -0.1) is 0 Å². The minimum Gasteiger partial charge on any atom is -0.373 e. The zero-order chi connectivity index (χ0) is 16.2. The third-order valence-corrected chi connectivity index (χ3v) is 6.60. The molecule has 3 N–H and O–H groups in total. The van der Waals surface area contributed by atoms with Crippen molar-refractivity contribution in [3.63, 3.8) is 0 Å². The Morgan fingerprint density at radius 3 is 1.95 bits per heavy atom. The molecular weight excluding hydrogens is 290 g/mol. The number of rotatable bonds is 3. The predicted molar refractivity (Wildman–Crippen MR) is 83.0 cm³/mol. The van der Waals surface area contributed by atoms with Crippen LogP contribution >= 0.6 is 0 Å². The van der Waals surface area contributed by atoms with Crippen LogP contribution in [0.5, 0.6) is 0 Å². The monoisotopic (exact) mass is 319 g/mol. The van der Waals surface area contributed by atoms with E-state index in [9.17, 15) is 8.42 Å². The van der Waals surface area contributed by atoms with Crippen LogP contribution in [-0.4, -0.2) is 50.1 Å². The lowest BCUT2D eigenvalue weighted by Gasteiger charge is -2.62. The van der Waals surface area contributed by atoms with Gasteiger partial charge >= 0.3 is 0 Å². The average molecular weight is 319 g/mol. The van der Waals surface area contributed by atoms with Crippen LogP contribution in [0.4, 0.5) is 0 Å². The summed E-state index contributed by atoms with van der Waals surface area (Å²) in [6, 6.07) is -0.196. The molecule has 0 spiro atoms. The Bertz CT molecular complexity index is 478. The van der Waals surface area contributed by atoms with Crippen LogP contribution in [0.25, 0.3) is 0 Å². The molecule has 1 saturated carbocycles. The van der Waals surface area contributed by atoms with Crippen molar-refractivity contribution in [2.45, 2.75) is 65.8 Å². The Kier molecular flexibility index (Phi) is 4.22. The van der Waals surface area contributed by atoms with Crippen molar-refractivity contribution >= 4 is 10.2 Å². The lowest BCUT2D eigenvalue weighted by molar-refractivity contribution is -0.0636. The van der Waals surface area contributed by atoms with Gasteiger partial charge in [-0.1, -0.05) is 27.7 Å². The van der Waals surface area contributed by atoms with Crippen LogP contribution in [-0.2, 0) is 14.9 Å². The fourth-order valence-corrected chi connectivity index (χ4v) is 5.90. The Labute approximate surface area is 128 Å². The molecule has 2 unspecified atom stereocenters. The minimum atomic E-state index is -3.53. The molecule has 6 nitrogen and oxygen atoms in total. The lowest BCUT2D eigenvalue weighted by atomic mass is 9.49. The molecule has 2 rings (SSSR count). The molecule has 7 heteroatoms. The van der Waals surface area contributed by atoms with E-state index in [-0.39, 0.29) is 35.1 Å². The van der Waals surface area contributed by atoms with Crippen molar-refractivity contribution < 1.29 is 13.2 Å². The molecule has 2 aliphatic rings. The molecule has 21 heavy (non-hydrogen) atoms. The second-order valence-electron chi connectivity index (χ2n) is 7.75. The third-order valence-electron chi connectivity index (χ3n) is 5.08. The van der Waals surface area contributed by atoms with Gasteiger partial charge in [-0.25, -0.2) is 0 Å². The molecule has 2 fully saturated rings. The van der Waals surface area contributed by atoms with E-state index in [4.69, 9.17) is 10.5 Å². The normalized spacial score (nSPS) is 39.8. The van der Waals surface area contributed by atoms with E-state index in [1.807, 2.05) is 41.5 Å². The van der Waals surface area contributed by atoms with E-state index in [2.05, 4.69) is 4.72 Å². The van der Waals surface area contributed by atoms with Crippen molar-refractivity contribution in [3.05, 3.63) is 0 Å². The largest absolute Gasteiger partial charge is 0.373 e. The van der Waals surface area contributed by atoms with Crippen molar-refractivity contribution in [1.82, 2.24) is 9.03 Å². The maximum Gasteiger partial charge on any atom is 0.279 e. The maximum atomic E-state index is 12.7. The van der Waals surface area contributed by atoms with Gasteiger partial charge in [0.2, 0.25) is 0 Å². The SMILES string of the molecule is CC1CN(S(=O)(=O)NC2C(C)(C)C(N)C2(C)C)CC(C)O1. The van der Waals surface area contributed by atoms with Gasteiger partial charge in [-0.2, -0.15) is 17.4 Å². The molecule has 0 radical (unpaired) electrons. The summed E-state index contributed by atoms with van der Waals surface area (Å²) in [5.74, 6) is 0. The molecule has 2 atom stereocenters. The maximum absolute atomic E-state index is 12.7. The quantitative estimate of drug-likeness (QED) is 0.801. The van der Waals surface area contributed by atoms with Gasteiger partial charge in [0.05, 0.1) is 12.2 Å². The number of ether oxygens (including phenoxy) is 1. The van der Waals surface area contributed by atoms with E-state index in [0.717, 1.165) is 0 Å². The van der Waals surface area contributed by atoms with Crippen molar-refractivity contribution in [3.8, 4) is 0 Å². The zero-order valence-corrected chi connectivity index (χ0v) is 14.7. The first-order chi connectivity index (χ1) is 9.39. The summed E-state index contributed by atoms with van der Waals surface area (Å²) in [6.45, 7) is 12.6. The van der Waals surface area contributed by atoms with Gasteiger partial charge in [-0.05, 0) is 24.7 Å². The molecule has 1 aliphatic heterocycles. The molecular formula is C14H29N3O3S. The second kappa shape index (κ2) is 5.16. The highest BCUT2D eigenvalue weighted by molar-refractivity contribution is 7.87. The van der Waals surface area contributed by atoms with Crippen molar-refractivity contribution in [1.29, 1.82) is 0 Å². The van der Waals surface area contributed by atoms with Gasteiger partial charge in [0.1, 0.15) is 0 Å². The molecule has 1 heterocycles. The number of hydrogen-bond acceptors (Lipinski definition) is 4. The van der Waals surface area contributed by atoms with E-state index < -0.39 is 10.2 Å². The van der Waals surface area contributed by atoms with Crippen LogP contribution in [0.2, 0.25) is 0 Å². The molecule has 0 aromatic carbocycles. The zero-order valence-electron chi connectivity index (χ0n) is 13.9. The molecule has 124 valence electrons.